The summed E-state index contributed by atoms with van der Waals surface area (Å²) in [5.74, 6) is 0. The van der Waals surface area contributed by atoms with Crippen LogP contribution in [0.1, 0.15) is 11.3 Å². The highest BCUT2D eigenvalue weighted by molar-refractivity contribution is 14.1. The first-order chi connectivity index (χ1) is 9.63. The molecule has 3 aromatic rings. The summed E-state index contributed by atoms with van der Waals surface area (Å²) >= 11 is 2.31. The Labute approximate surface area is 144 Å². The molecular weight excluding hydrogens is 395 g/mol. The number of rotatable bonds is 2. The third-order valence-electron chi connectivity index (χ3n) is 3.29. The molecule has 1 aromatic heterocycles. The fourth-order valence-electron chi connectivity index (χ4n) is 2.31. The van der Waals surface area contributed by atoms with Crippen molar-refractivity contribution in [3.63, 3.8) is 0 Å². The maximum Gasteiger partial charge on any atom is 0.0755 e. The van der Waals surface area contributed by atoms with Gasteiger partial charge in [-0.05, 0) is 72.3 Å². The van der Waals surface area contributed by atoms with E-state index in [4.69, 9.17) is 0 Å². The molecule has 0 saturated heterocycles. The van der Waals surface area contributed by atoms with E-state index >= 15 is 0 Å². The molecule has 2 nitrogen and oxygen atoms in total. The van der Waals surface area contributed by atoms with E-state index in [1.54, 1.807) is 0 Å². The third kappa shape index (κ3) is 3.47. The van der Waals surface area contributed by atoms with Crippen LogP contribution >= 0.6 is 35.0 Å². The van der Waals surface area contributed by atoms with Gasteiger partial charge in [-0.25, -0.2) is 0 Å². The molecule has 0 aliphatic rings. The molecule has 2 aromatic carbocycles. The number of aryl methyl sites for hydroxylation is 2. The first-order valence-corrected chi connectivity index (χ1v) is 7.61. The van der Waals surface area contributed by atoms with Crippen LogP contribution in [0.5, 0.6) is 0 Å². The lowest BCUT2D eigenvalue weighted by molar-refractivity contribution is 1.24. The van der Waals surface area contributed by atoms with Gasteiger partial charge in [-0.3, -0.25) is 4.98 Å². The van der Waals surface area contributed by atoms with Crippen molar-refractivity contribution in [1.82, 2.24) is 4.98 Å². The van der Waals surface area contributed by atoms with Crippen LogP contribution in [0.15, 0.2) is 48.5 Å². The summed E-state index contributed by atoms with van der Waals surface area (Å²) < 4.78 is 1.24. The van der Waals surface area contributed by atoms with Crippen molar-refractivity contribution in [3.8, 4) is 0 Å². The van der Waals surface area contributed by atoms with Crippen molar-refractivity contribution in [1.29, 1.82) is 0 Å². The van der Waals surface area contributed by atoms with E-state index in [-0.39, 0.29) is 12.4 Å². The summed E-state index contributed by atoms with van der Waals surface area (Å²) in [7, 11) is 0. The van der Waals surface area contributed by atoms with E-state index in [1.807, 2.05) is 6.92 Å². The molecule has 0 fully saturated rings. The molecule has 0 aliphatic carbocycles. The van der Waals surface area contributed by atoms with Crippen LogP contribution in [0.2, 0.25) is 0 Å². The van der Waals surface area contributed by atoms with E-state index < -0.39 is 0 Å². The molecule has 0 saturated carbocycles. The lowest BCUT2D eigenvalue weighted by Gasteiger charge is -2.12. The molecule has 108 valence electrons. The van der Waals surface area contributed by atoms with Crippen LogP contribution in [0.3, 0.4) is 0 Å². The number of pyridine rings is 1. The topological polar surface area (TPSA) is 24.9 Å². The van der Waals surface area contributed by atoms with Gasteiger partial charge < -0.3 is 5.32 Å². The smallest absolute Gasteiger partial charge is 0.0755 e. The summed E-state index contributed by atoms with van der Waals surface area (Å²) in [6, 6.07) is 16.8. The van der Waals surface area contributed by atoms with E-state index in [2.05, 4.69) is 88.3 Å². The van der Waals surface area contributed by atoms with Gasteiger partial charge >= 0.3 is 0 Å². The van der Waals surface area contributed by atoms with Gasteiger partial charge in [0.25, 0.3) is 0 Å². The lowest BCUT2D eigenvalue weighted by Crippen LogP contribution is -1.95. The van der Waals surface area contributed by atoms with Gasteiger partial charge in [-0.15, -0.1) is 12.4 Å². The number of benzene rings is 2. The third-order valence-corrected chi connectivity index (χ3v) is 4.01. The predicted molar refractivity (Wildman–Crippen MR) is 101 cm³/mol. The van der Waals surface area contributed by atoms with Crippen LogP contribution in [0.4, 0.5) is 11.4 Å². The SMILES string of the molecule is Cc1cc(Nc2ccc(I)cc2)c2cccc(C)c2n1.Cl. The fourth-order valence-corrected chi connectivity index (χ4v) is 2.67. The Bertz CT molecular complexity index is 770. The Balaban J connectivity index is 0.00000161. The Morgan fingerprint density at radius 1 is 1.00 bits per heavy atom. The van der Waals surface area contributed by atoms with Crippen molar-refractivity contribution in [3.05, 3.63) is 63.4 Å². The van der Waals surface area contributed by atoms with Gasteiger partial charge in [0, 0.05) is 26.0 Å². The van der Waals surface area contributed by atoms with Crippen LogP contribution in [-0.2, 0) is 0 Å². The Kier molecular flexibility index (Phi) is 5.06. The van der Waals surface area contributed by atoms with Gasteiger partial charge in [-0.1, -0.05) is 18.2 Å². The highest BCUT2D eigenvalue weighted by atomic mass is 127. The average molecular weight is 411 g/mol. The number of fused-ring (bicyclic) bond motifs is 1. The molecule has 0 atom stereocenters. The number of nitrogens with one attached hydrogen (secondary N) is 1. The van der Waals surface area contributed by atoms with Gasteiger partial charge in [0.15, 0.2) is 0 Å². The number of anilines is 2. The standard InChI is InChI=1S/C17H15IN2.ClH/c1-11-4-3-5-15-16(10-12(2)19-17(11)15)20-14-8-6-13(18)7-9-14;/h3-10H,1-2H3,(H,19,20);1H. The summed E-state index contributed by atoms with van der Waals surface area (Å²) in [6.45, 7) is 4.13. The van der Waals surface area contributed by atoms with Crippen LogP contribution < -0.4 is 5.32 Å². The molecule has 0 aliphatic heterocycles. The van der Waals surface area contributed by atoms with Gasteiger partial charge in [0.2, 0.25) is 0 Å². The normalized spacial score (nSPS) is 10.2. The Morgan fingerprint density at radius 3 is 2.43 bits per heavy atom. The molecule has 0 bridgehead atoms. The lowest BCUT2D eigenvalue weighted by atomic mass is 10.1. The Morgan fingerprint density at radius 2 is 1.71 bits per heavy atom. The zero-order chi connectivity index (χ0) is 14.1. The predicted octanol–water partition coefficient (Wildman–Crippen LogP) is 5.62. The van der Waals surface area contributed by atoms with Crippen molar-refractivity contribution in [2.75, 3.05) is 5.32 Å². The minimum Gasteiger partial charge on any atom is -0.355 e. The molecule has 21 heavy (non-hydrogen) atoms. The molecule has 0 spiro atoms. The molecular formula is C17H16ClIN2. The number of halogens is 2. The molecule has 0 amide bonds. The quantitative estimate of drug-likeness (QED) is 0.555. The van der Waals surface area contributed by atoms with Gasteiger partial charge in [0.05, 0.1) is 5.52 Å². The monoisotopic (exact) mass is 410 g/mol. The van der Waals surface area contributed by atoms with Crippen molar-refractivity contribution in [2.24, 2.45) is 0 Å². The highest BCUT2D eigenvalue weighted by Crippen LogP contribution is 2.28. The van der Waals surface area contributed by atoms with Crippen LogP contribution in [-0.4, -0.2) is 4.98 Å². The minimum absolute atomic E-state index is 0. The average Bonchev–Trinajstić information content (AvgIpc) is 2.42. The number of hydrogen-bond acceptors (Lipinski definition) is 2. The molecule has 4 heteroatoms. The largest absolute Gasteiger partial charge is 0.355 e. The molecule has 0 radical (unpaired) electrons. The van der Waals surface area contributed by atoms with Crippen molar-refractivity contribution < 1.29 is 0 Å². The maximum atomic E-state index is 4.65. The summed E-state index contributed by atoms with van der Waals surface area (Å²) in [5, 5.41) is 4.66. The summed E-state index contributed by atoms with van der Waals surface area (Å²) in [6.07, 6.45) is 0. The highest BCUT2D eigenvalue weighted by Gasteiger charge is 2.06. The first-order valence-electron chi connectivity index (χ1n) is 6.53. The van der Waals surface area contributed by atoms with E-state index in [0.29, 0.717) is 0 Å². The summed E-state index contributed by atoms with van der Waals surface area (Å²) in [5.41, 5.74) is 5.51. The van der Waals surface area contributed by atoms with E-state index in [0.717, 1.165) is 28.0 Å². The minimum atomic E-state index is 0. The van der Waals surface area contributed by atoms with Crippen molar-refractivity contribution in [2.45, 2.75) is 13.8 Å². The van der Waals surface area contributed by atoms with Gasteiger partial charge in [-0.2, -0.15) is 0 Å². The Hall–Kier alpha value is -1.33. The maximum absolute atomic E-state index is 4.65. The second-order valence-electron chi connectivity index (χ2n) is 4.91. The number of hydrogen-bond donors (Lipinski definition) is 1. The van der Waals surface area contributed by atoms with Crippen LogP contribution in [0.25, 0.3) is 10.9 Å². The molecule has 1 N–H and O–H groups in total. The van der Waals surface area contributed by atoms with Crippen molar-refractivity contribution >= 4 is 57.3 Å². The van der Waals surface area contributed by atoms with E-state index in [1.165, 1.54) is 9.13 Å². The van der Waals surface area contributed by atoms with Crippen LogP contribution in [0, 0.1) is 17.4 Å². The fraction of sp³-hybridized carbons (Fsp3) is 0.118. The first kappa shape index (κ1) is 16.0. The second kappa shape index (κ2) is 6.62. The van der Waals surface area contributed by atoms with E-state index in [9.17, 15) is 0 Å². The molecule has 0 unspecified atom stereocenters. The zero-order valence-electron chi connectivity index (χ0n) is 11.9. The summed E-state index contributed by atoms with van der Waals surface area (Å²) in [4.78, 5) is 4.65. The molecule has 1 heterocycles. The molecule has 3 rings (SSSR count). The number of nitrogens with zero attached hydrogens (tertiary/aromatic N) is 1. The second-order valence-corrected chi connectivity index (χ2v) is 6.16. The number of aromatic nitrogens is 1. The number of para-hydroxylation sites is 1. The van der Waals surface area contributed by atoms with Gasteiger partial charge in [0.1, 0.15) is 0 Å². The zero-order valence-corrected chi connectivity index (χ0v) is 14.8.